The summed E-state index contributed by atoms with van der Waals surface area (Å²) in [6.45, 7) is 0. The summed E-state index contributed by atoms with van der Waals surface area (Å²) < 4.78 is 4.56. The lowest BCUT2D eigenvalue weighted by Crippen LogP contribution is -2.33. The predicted octanol–water partition coefficient (Wildman–Crippen LogP) is 0.405. The summed E-state index contributed by atoms with van der Waals surface area (Å²) in [5.41, 5.74) is 0.374. The predicted molar refractivity (Wildman–Crippen MR) is 51.3 cm³/mol. The van der Waals surface area contributed by atoms with Gasteiger partial charge in [-0.15, -0.1) is 0 Å². The fourth-order valence-electron chi connectivity index (χ4n) is 2.24. The van der Waals surface area contributed by atoms with E-state index in [0.29, 0.717) is 11.0 Å². The molecule has 0 N–H and O–H groups in total. The average Bonchev–Trinajstić information content (AvgIpc) is 2.70. The molecule has 4 nitrogen and oxygen atoms in total. The molecule has 3 aliphatic rings. The standard InChI is InChI=1S/C9H9NO3S/c11-8-4-3-6-5(1-2-14-6)10-7(4)9(12)13-8/h4-6H,1-3H2. The molecule has 3 rings (SSSR count). The van der Waals surface area contributed by atoms with Crippen LogP contribution in [0.4, 0.5) is 0 Å². The van der Waals surface area contributed by atoms with E-state index in [1.165, 1.54) is 0 Å². The molecule has 3 atom stereocenters. The van der Waals surface area contributed by atoms with E-state index in [1.54, 1.807) is 0 Å². The number of fused-ring (bicyclic) bond motifs is 2. The van der Waals surface area contributed by atoms with Crippen LogP contribution in [-0.2, 0) is 14.3 Å². The normalized spacial score (nSPS) is 40.3. The molecule has 3 aliphatic heterocycles. The molecule has 0 bridgehead atoms. The molecule has 3 heterocycles. The average molecular weight is 211 g/mol. The van der Waals surface area contributed by atoms with Crippen LogP contribution in [0.15, 0.2) is 4.99 Å². The zero-order chi connectivity index (χ0) is 9.71. The fraction of sp³-hybridized carbons (Fsp3) is 0.667. The molecular formula is C9H9NO3S. The zero-order valence-corrected chi connectivity index (χ0v) is 8.25. The fourth-order valence-corrected chi connectivity index (χ4v) is 3.67. The molecule has 0 radical (unpaired) electrons. The number of nitrogens with zero attached hydrogens (tertiary/aromatic N) is 1. The Bertz CT molecular complexity index is 352. The van der Waals surface area contributed by atoms with Crippen molar-refractivity contribution in [2.45, 2.75) is 24.1 Å². The maximum atomic E-state index is 11.3. The smallest absolute Gasteiger partial charge is 0.360 e. The number of thioether (sulfide) groups is 1. The van der Waals surface area contributed by atoms with Crippen molar-refractivity contribution < 1.29 is 14.3 Å². The van der Waals surface area contributed by atoms with Gasteiger partial charge in [0.15, 0.2) is 0 Å². The Morgan fingerprint density at radius 1 is 1.43 bits per heavy atom. The summed E-state index contributed by atoms with van der Waals surface area (Å²) in [5, 5.41) is 0.419. The number of esters is 2. The highest BCUT2D eigenvalue weighted by Gasteiger charge is 2.47. The van der Waals surface area contributed by atoms with E-state index in [-0.39, 0.29) is 12.0 Å². The number of cyclic esters (lactones) is 2. The number of aliphatic imine (C=N–C) groups is 1. The Kier molecular flexibility index (Phi) is 1.71. The number of ether oxygens (including phenoxy) is 1. The van der Waals surface area contributed by atoms with Gasteiger partial charge >= 0.3 is 11.9 Å². The van der Waals surface area contributed by atoms with Crippen molar-refractivity contribution >= 4 is 29.4 Å². The van der Waals surface area contributed by atoms with E-state index in [0.717, 1.165) is 18.6 Å². The second-order valence-electron chi connectivity index (χ2n) is 3.78. The first-order valence-electron chi connectivity index (χ1n) is 4.71. The van der Waals surface area contributed by atoms with Crippen molar-refractivity contribution in [2.75, 3.05) is 5.75 Å². The number of hydrogen-bond donors (Lipinski definition) is 0. The second kappa shape index (κ2) is 2.82. The summed E-state index contributed by atoms with van der Waals surface area (Å²) in [7, 11) is 0. The maximum absolute atomic E-state index is 11.3. The Morgan fingerprint density at radius 3 is 3.14 bits per heavy atom. The van der Waals surface area contributed by atoms with Crippen molar-refractivity contribution in [1.29, 1.82) is 0 Å². The van der Waals surface area contributed by atoms with Crippen molar-refractivity contribution in [3.8, 4) is 0 Å². The first-order chi connectivity index (χ1) is 6.75. The van der Waals surface area contributed by atoms with Gasteiger partial charge in [-0.3, -0.25) is 9.79 Å². The van der Waals surface area contributed by atoms with Gasteiger partial charge in [0, 0.05) is 5.25 Å². The topological polar surface area (TPSA) is 55.7 Å². The molecule has 3 unspecified atom stereocenters. The van der Waals surface area contributed by atoms with Gasteiger partial charge in [0.2, 0.25) is 0 Å². The van der Waals surface area contributed by atoms with Gasteiger partial charge in [0.25, 0.3) is 0 Å². The van der Waals surface area contributed by atoms with Crippen LogP contribution in [0.1, 0.15) is 12.8 Å². The van der Waals surface area contributed by atoms with E-state index in [1.807, 2.05) is 11.8 Å². The highest BCUT2D eigenvalue weighted by Crippen LogP contribution is 2.39. The number of carbonyl (C=O) groups is 2. The van der Waals surface area contributed by atoms with Gasteiger partial charge in [-0.25, -0.2) is 4.79 Å². The van der Waals surface area contributed by atoms with Gasteiger partial charge in [0.05, 0.1) is 6.04 Å². The summed E-state index contributed by atoms with van der Waals surface area (Å²) >= 11 is 1.85. The van der Waals surface area contributed by atoms with E-state index >= 15 is 0 Å². The second-order valence-corrected chi connectivity index (χ2v) is 5.12. The maximum Gasteiger partial charge on any atom is 0.360 e. The Morgan fingerprint density at radius 2 is 2.29 bits per heavy atom. The molecule has 0 aliphatic carbocycles. The number of rotatable bonds is 0. The van der Waals surface area contributed by atoms with E-state index in [4.69, 9.17) is 0 Å². The van der Waals surface area contributed by atoms with Crippen LogP contribution >= 0.6 is 11.8 Å². The Labute approximate surface area is 85.1 Å². The molecule has 2 saturated heterocycles. The summed E-state index contributed by atoms with van der Waals surface area (Å²) in [4.78, 5) is 26.8. The van der Waals surface area contributed by atoms with Crippen molar-refractivity contribution in [3.63, 3.8) is 0 Å². The largest absolute Gasteiger partial charge is 0.388 e. The first kappa shape index (κ1) is 8.47. The molecule has 74 valence electrons. The number of hydrogen-bond acceptors (Lipinski definition) is 5. The van der Waals surface area contributed by atoms with E-state index < -0.39 is 11.9 Å². The third-order valence-electron chi connectivity index (χ3n) is 2.96. The number of carbonyl (C=O) groups excluding carboxylic acids is 2. The molecule has 5 heteroatoms. The highest BCUT2D eigenvalue weighted by molar-refractivity contribution is 8.00. The molecule has 14 heavy (non-hydrogen) atoms. The van der Waals surface area contributed by atoms with Crippen LogP contribution < -0.4 is 0 Å². The van der Waals surface area contributed by atoms with Gasteiger partial charge in [0.1, 0.15) is 11.6 Å². The van der Waals surface area contributed by atoms with Gasteiger partial charge in [-0.1, -0.05) is 0 Å². The lowest BCUT2D eigenvalue weighted by atomic mass is 9.92. The summed E-state index contributed by atoms with van der Waals surface area (Å²) in [6, 6.07) is 0.240. The molecule has 0 spiro atoms. The molecule has 0 amide bonds. The third-order valence-corrected chi connectivity index (χ3v) is 4.37. The molecule has 0 saturated carbocycles. The minimum Gasteiger partial charge on any atom is -0.388 e. The summed E-state index contributed by atoms with van der Waals surface area (Å²) in [6.07, 6.45) is 1.76. The Hall–Kier alpha value is -0.840. The zero-order valence-electron chi connectivity index (χ0n) is 7.43. The van der Waals surface area contributed by atoms with Crippen LogP contribution in [0, 0.1) is 5.92 Å². The quantitative estimate of drug-likeness (QED) is 0.430. The van der Waals surface area contributed by atoms with Crippen molar-refractivity contribution in [2.24, 2.45) is 10.9 Å². The van der Waals surface area contributed by atoms with Gasteiger partial charge < -0.3 is 4.74 Å². The van der Waals surface area contributed by atoms with Crippen LogP contribution in [0.25, 0.3) is 0 Å². The molecule has 0 aromatic rings. The summed E-state index contributed by atoms with van der Waals surface area (Å²) in [5.74, 6) is -0.202. The lowest BCUT2D eigenvalue weighted by Gasteiger charge is -2.22. The monoisotopic (exact) mass is 211 g/mol. The van der Waals surface area contributed by atoms with Crippen LogP contribution in [0.3, 0.4) is 0 Å². The Balaban J connectivity index is 1.99. The van der Waals surface area contributed by atoms with Gasteiger partial charge in [-0.05, 0) is 18.6 Å². The van der Waals surface area contributed by atoms with Gasteiger partial charge in [-0.2, -0.15) is 11.8 Å². The lowest BCUT2D eigenvalue weighted by molar-refractivity contribution is -0.152. The van der Waals surface area contributed by atoms with Crippen molar-refractivity contribution in [1.82, 2.24) is 0 Å². The van der Waals surface area contributed by atoms with E-state index in [9.17, 15) is 9.59 Å². The third kappa shape index (κ3) is 1.05. The minimum atomic E-state index is -0.518. The molecule has 0 aromatic heterocycles. The molecule has 0 aromatic carbocycles. The van der Waals surface area contributed by atoms with Crippen molar-refractivity contribution in [3.05, 3.63) is 0 Å². The highest BCUT2D eigenvalue weighted by atomic mass is 32.2. The molecule has 2 fully saturated rings. The van der Waals surface area contributed by atoms with Crippen LogP contribution in [0.5, 0.6) is 0 Å². The van der Waals surface area contributed by atoms with E-state index in [2.05, 4.69) is 9.73 Å². The minimum absolute atomic E-state index is 0.240. The van der Waals surface area contributed by atoms with Crippen LogP contribution in [0.2, 0.25) is 0 Å². The first-order valence-corrected chi connectivity index (χ1v) is 5.76. The SMILES string of the molecule is O=C1OC(=O)C2CC3SCCC3N=C12. The molecular weight excluding hydrogens is 202 g/mol. The van der Waals surface area contributed by atoms with Crippen LogP contribution in [-0.4, -0.2) is 34.7 Å².